The summed E-state index contributed by atoms with van der Waals surface area (Å²) in [7, 11) is 0. The van der Waals surface area contributed by atoms with Crippen molar-refractivity contribution in [1.29, 1.82) is 0 Å². The maximum absolute atomic E-state index is 7.09. The first-order chi connectivity index (χ1) is 49.6. The van der Waals surface area contributed by atoms with Gasteiger partial charge in [0.05, 0.1) is 22.8 Å². The van der Waals surface area contributed by atoms with Crippen molar-refractivity contribution in [1.82, 2.24) is 15.0 Å². The molecule has 0 atom stereocenters. The molecule has 0 aliphatic rings. The van der Waals surface area contributed by atoms with E-state index in [1.807, 2.05) is 12.1 Å². The van der Waals surface area contributed by atoms with Gasteiger partial charge in [-0.3, -0.25) is 0 Å². The number of pyridine rings is 1. The summed E-state index contributed by atoms with van der Waals surface area (Å²) < 4.78 is 13.9. The third-order valence-electron chi connectivity index (χ3n) is 20.8. The third kappa shape index (κ3) is 8.59. The smallest absolute Gasteiger partial charge is 0.161 e. The quantitative estimate of drug-likeness (QED) is 0.112. The molecule has 0 saturated heterocycles. The largest absolute Gasteiger partial charge is 0.455 e. The van der Waals surface area contributed by atoms with E-state index in [1.54, 1.807) is 0 Å². The number of nitrogens with zero attached hydrogens (tertiary/aromatic N) is 3. The second-order valence-corrected chi connectivity index (χ2v) is 26.3. The predicted molar refractivity (Wildman–Crippen MR) is 418 cm³/mol. The fraction of sp³-hybridized carbons (Fsp3) is 0. The van der Waals surface area contributed by atoms with Crippen molar-refractivity contribution in [2.75, 3.05) is 0 Å². The van der Waals surface area contributed by atoms with Crippen LogP contribution in [0, 0.1) is 0 Å². The van der Waals surface area contributed by atoms with Gasteiger partial charge >= 0.3 is 0 Å². The molecule has 17 aromatic carbocycles. The molecule has 0 aliphatic carbocycles. The minimum Gasteiger partial charge on any atom is -0.455 e. The Balaban J connectivity index is 0.664. The molecule has 0 radical (unpaired) electrons. The van der Waals surface area contributed by atoms with Gasteiger partial charge in [0, 0.05) is 60.1 Å². The number of hydrogen-bond acceptors (Lipinski definition) is 5. The zero-order valence-electron chi connectivity index (χ0n) is 53.9. The van der Waals surface area contributed by atoms with Crippen LogP contribution in [0.3, 0.4) is 0 Å². The minimum atomic E-state index is 0.687. The number of benzene rings is 17. The van der Waals surface area contributed by atoms with Gasteiger partial charge in [-0.2, -0.15) is 0 Å². The van der Waals surface area contributed by atoms with Crippen LogP contribution in [0.15, 0.2) is 342 Å². The van der Waals surface area contributed by atoms with Gasteiger partial charge in [0.1, 0.15) is 22.3 Å². The van der Waals surface area contributed by atoms with Gasteiger partial charge in [-0.05, 0) is 169 Å². The van der Waals surface area contributed by atoms with Crippen LogP contribution in [0.4, 0.5) is 0 Å². The lowest BCUT2D eigenvalue weighted by Gasteiger charge is -2.18. The van der Waals surface area contributed by atoms with E-state index in [1.165, 1.54) is 37.9 Å². The maximum Gasteiger partial charge on any atom is 0.161 e. The van der Waals surface area contributed by atoms with E-state index in [0.29, 0.717) is 5.82 Å². The molecule has 0 unspecified atom stereocenters. The first-order valence-electron chi connectivity index (χ1n) is 34.1. The van der Waals surface area contributed by atoms with E-state index in [2.05, 4.69) is 322 Å². The van der Waals surface area contributed by atoms with Crippen LogP contribution in [-0.4, -0.2) is 15.0 Å². The van der Waals surface area contributed by atoms with Crippen LogP contribution in [0.2, 0.25) is 0 Å². The number of furan rings is 2. The van der Waals surface area contributed by atoms with Crippen LogP contribution < -0.4 is 0 Å². The van der Waals surface area contributed by atoms with Gasteiger partial charge < -0.3 is 8.83 Å². The molecule has 462 valence electrons. The maximum atomic E-state index is 7.09. The van der Waals surface area contributed by atoms with Gasteiger partial charge in [0.25, 0.3) is 0 Å². The van der Waals surface area contributed by atoms with Gasteiger partial charge in [0.15, 0.2) is 5.82 Å². The normalized spacial score (nSPS) is 12.0. The Hall–Kier alpha value is -13.4. The van der Waals surface area contributed by atoms with Crippen LogP contribution in [-0.2, 0) is 0 Å². The summed E-state index contributed by atoms with van der Waals surface area (Å²) in [6.45, 7) is 0. The SMILES string of the molecule is c1ccc(-c2cc(-c3ccccc3)nc(-c3c4ccccc4c(-c4ccc5oc6c7ccc(-c8cccc(-c9cccc(-c%10c%11ccccc%11c(-c%11ccc%12oc%13c%14ccccc%14c%14ccccc%14c%13c%12c%11)c%11ccccc%10%11)n9)c8)cc7c7ccccc7c6c5c4)c4ccccc34)n2)cc1. The summed E-state index contributed by atoms with van der Waals surface area (Å²) in [6, 6.07) is 120. The molecule has 5 nitrogen and oxygen atoms in total. The van der Waals surface area contributed by atoms with Crippen LogP contribution >= 0.6 is 0 Å². The topological polar surface area (TPSA) is 65.0 Å². The van der Waals surface area contributed by atoms with E-state index < -0.39 is 0 Å². The van der Waals surface area contributed by atoms with E-state index in [9.17, 15) is 0 Å². The van der Waals surface area contributed by atoms with E-state index in [4.69, 9.17) is 23.8 Å². The molecule has 0 N–H and O–H groups in total. The standard InChI is InChI=1S/C95H55N3O2/c1-3-23-56(24-4-1)83-55-84(57-25-5-2-6-26-57)98-95(97-83)92-74-40-18-14-36-70(74)88(71-37-15-19-41-75(71)92)62-47-50-86-80(54-62)91-67-33-11-8-31-65(67)78-52-59(45-48-77(78)94(91)100-86)58-27-21-28-60(51-58)81-43-22-44-82(96-81)89-72-38-16-12-34-68(72)87(69-35-13-17-39-73(69)89)61-46-49-85-79(53-61)90-66-32-10-7-29-63(66)64-30-9-20-42-76(64)93(90)99-85/h1-55H. The van der Waals surface area contributed by atoms with Gasteiger partial charge in [-0.25, -0.2) is 15.0 Å². The molecular formula is C95H55N3O2. The Bertz CT molecular complexity index is 6860. The first-order valence-corrected chi connectivity index (χ1v) is 34.1. The second-order valence-electron chi connectivity index (χ2n) is 26.3. The van der Waals surface area contributed by atoms with Crippen molar-refractivity contribution in [3.8, 4) is 89.8 Å². The highest BCUT2D eigenvalue weighted by molar-refractivity contribution is 6.33. The summed E-state index contributed by atoms with van der Waals surface area (Å²) >= 11 is 0. The molecule has 4 heterocycles. The van der Waals surface area contributed by atoms with Gasteiger partial charge in [0.2, 0.25) is 0 Å². The minimum absolute atomic E-state index is 0.687. The highest BCUT2D eigenvalue weighted by Crippen LogP contribution is 2.50. The van der Waals surface area contributed by atoms with E-state index >= 15 is 0 Å². The number of fused-ring (bicyclic) bond motifs is 20. The lowest BCUT2D eigenvalue weighted by molar-refractivity contribution is 0.672. The fourth-order valence-electron chi connectivity index (χ4n) is 16.4. The molecule has 0 saturated carbocycles. The first kappa shape index (κ1) is 55.9. The Morgan fingerprint density at radius 3 is 1.03 bits per heavy atom. The van der Waals surface area contributed by atoms with Crippen molar-refractivity contribution in [3.63, 3.8) is 0 Å². The molecule has 0 amide bonds. The van der Waals surface area contributed by atoms with Gasteiger partial charge in [-0.15, -0.1) is 0 Å². The molecule has 4 aromatic heterocycles. The second kappa shape index (κ2) is 22.1. The fourth-order valence-corrected chi connectivity index (χ4v) is 16.4. The van der Waals surface area contributed by atoms with Crippen molar-refractivity contribution in [3.05, 3.63) is 334 Å². The van der Waals surface area contributed by atoms with E-state index in [-0.39, 0.29) is 0 Å². The zero-order valence-corrected chi connectivity index (χ0v) is 53.9. The number of rotatable bonds is 8. The predicted octanol–water partition coefficient (Wildman–Crippen LogP) is 26.2. The number of hydrogen-bond donors (Lipinski definition) is 0. The summed E-state index contributed by atoms with van der Waals surface area (Å²) in [4.78, 5) is 16.4. The zero-order chi connectivity index (χ0) is 65.5. The average Bonchev–Trinajstić information content (AvgIpc) is 1.42. The third-order valence-corrected chi connectivity index (χ3v) is 20.8. The lowest BCUT2D eigenvalue weighted by atomic mass is 9.86. The molecule has 0 bridgehead atoms. The molecule has 21 aromatic rings. The Morgan fingerprint density at radius 1 is 0.170 bits per heavy atom. The van der Waals surface area contributed by atoms with Gasteiger partial charge in [-0.1, -0.05) is 273 Å². The molecule has 0 spiro atoms. The average molecular weight is 1270 g/mol. The van der Waals surface area contributed by atoms with Crippen LogP contribution in [0.5, 0.6) is 0 Å². The van der Waals surface area contributed by atoms with E-state index in [0.717, 1.165) is 176 Å². The summed E-state index contributed by atoms with van der Waals surface area (Å²) in [5.74, 6) is 0.687. The molecule has 0 fully saturated rings. The summed E-state index contributed by atoms with van der Waals surface area (Å²) in [5, 5.41) is 22.7. The van der Waals surface area contributed by atoms with Crippen molar-refractivity contribution in [2.45, 2.75) is 0 Å². The monoisotopic (exact) mass is 1270 g/mol. The van der Waals surface area contributed by atoms with Crippen molar-refractivity contribution < 1.29 is 8.83 Å². The summed E-state index contributed by atoms with van der Waals surface area (Å²) in [6.07, 6.45) is 0. The van der Waals surface area contributed by atoms with Crippen molar-refractivity contribution in [2.24, 2.45) is 0 Å². The summed E-state index contributed by atoms with van der Waals surface area (Å²) in [5.41, 5.74) is 19.1. The molecule has 21 rings (SSSR count). The Kier molecular flexibility index (Phi) is 12.4. The molecule has 5 heteroatoms. The molecule has 100 heavy (non-hydrogen) atoms. The highest BCUT2D eigenvalue weighted by atomic mass is 16.3. The highest BCUT2D eigenvalue weighted by Gasteiger charge is 2.25. The molecule has 0 aliphatic heterocycles. The Labute approximate surface area is 573 Å². The Morgan fingerprint density at radius 2 is 0.520 bits per heavy atom. The van der Waals surface area contributed by atoms with Crippen LogP contribution in [0.1, 0.15) is 0 Å². The molecular weight excluding hydrogens is 1220 g/mol. The lowest BCUT2D eigenvalue weighted by Crippen LogP contribution is -1.98. The van der Waals surface area contributed by atoms with Crippen LogP contribution in [0.25, 0.3) is 220 Å². The number of aromatic nitrogens is 3. The van der Waals surface area contributed by atoms with Crippen molar-refractivity contribution >= 4 is 130 Å².